The molecule has 0 aliphatic carbocycles. The van der Waals surface area contributed by atoms with Crippen LogP contribution in [-0.2, 0) is 9.53 Å². The molecule has 0 aliphatic rings. The predicted octanol–water partition coefficient (Wildman–Crippen LogP) is 4.68. The van der Waals surface area contributed by atoms with Crippen LogP contribution in [0.5, 0.6) is 0 Å². The molecular weight excluding hydrogens is 386 g/mol. The van der Waals surface area contributed by atoms with E-state index in [-0.39, 0.29) is 17.9 Å². The lowest BCUT2D eigenvalue weighted by Crippen LogP contribution is -2.51. The number of nitrogens with zero attached hydrogens (tertiary/aromatic N) is 1. The average molecular weight is 412 g/mol. The van der Waals surface area contributed by atoms with Gasteiger partial charge in [0.2, 0.25) is 5.91 Å². The monoisotopic (exact) mass is 411 g/mol. The standard InChI is InChI=1S/C19H26ClN3O3S/c1-10(2)15(23-18(25)26-19(4,5)6)16(24)21-11(3)17-22-13-8-7-12(20)9-14(13)27-17/h7-11,15H,1-6H3,(H,21,24)(H,23,25)/t11-,15+/m1/s1. The lowest BCUT2D eigenvalue weighted by molar-refractivity contribution is -0.124. The maximum atomic E-state index is 12.7. The molecule has 0 bridgehead atoms. The largest absolute Gasteiger partial charge is 0.444 e. The number of carbonyl (C=O) groups excluding carboxylic acids is 2. The SMILES string of the molecule is CC(C)[C@H](NC(=O)OC(C)(C)C)C(=O)N[C@H](C)c1nc2ccc(Cl)cc2s1. The van der Waals surface area contributed by atoms with E-state index in [4.69, 9.17) is 16.3 Å². The first-order valence-electron chi connectivity index (χ1n) is 8.82. The van der Waals surface area contributed by atoms with E-state index < -0.39 is 17.7 Å². The highest BCUT2D eigenvalue weighted by Crippen LogP contribution is 2.28. The van der Waals surface area contributed by atoms with Crippen LogP contribution in [0.4, 0.5) is 4.79 Å². The molecule has 2 aromatic rings. The van der Waals surface area contributed by atoms with Gasteiger partial charge in [-0.3, -0.25) is 4.79 Å². The number of benzene rings is 1. The molecule has 0 radical (unpaired) electrons. The van der Waals surface area contributed by atoms with E-state index in [1.54, 1.807) is 26.8 Å². The third kappa shape index (κ3) is 6.07. The van der Waals surface area contributed by atoms with Crippen LogP contribution in [0.2, 0.25) is 5.02 Å². The van der Waals surface area contributed by atoms with Gasteiger partial charge in [0.1, 0.15) is 16.7 Å². The zero-order valence-corrected chi connectivity index (χ0v) is 18.0. The van der Waals surface area contributed by atoms with Crippen molar-refractivity contribution in [3.63, 3.8) is 0 Å². The van der Waals surface area contributed by atoms with Crippen molar-refractivity contribution in [1.29, 1.82) is 0 Å². The number of carbonyl (C=O) groups is 2. The molecule has 0 saturated heterocycles. The van der Waals surface area contributed by atoms with Crippen molar-refractivity contribution >= 4 is 45.2 Å². The smallest absolute Gasteiger partial charge is 0.408 e. The second-order valence-electron chi connectivity index (χ2n) is 7.76. The van der Waals surface area contributed by atoms with Gasteiger partial charge in [-0.2, -0.15) is 0 Å². The quantitative estimate of drug-likeness (QED) is 0.748. The van der Waals surface area contributed by atoms with E-state index in [0.29, 0.717) is 5.02 Å². The Labute approximate surface area is 168 Å². The Morgan fingerprint density at radius 1 is 1.19 bits per heavy atom. The van der Waals surface area contributed by atoms with Crippen molar-refractivity contribution in [3.8, 4) is 0 Å². The highest BCUT2D eigenvalue weighted by atomic mass is 35.5. The minimum absolute atomic E-state index is 0.0982. The van der Waals surface area contributed by atoms with Crippen molar-refractivity contribution in [3.05, 3.63) is 28.2 Å². The van der Waals surface area contributed by atoms with Crippen molar-refractivity contribution < 1.29 is 14.3 Å². The van der Waals surface area contributed by atoms with Crippen molar-refractivity contribution in [1.82, 2.24) is 15.6 Å². The van der Waals surface area contributed by atoms with E-state index >= 15 is 0 Å². The molecule has 27 heavy (non-hydrogen) atoms. The Morgan fingerprint density at radius 2 is 1.85 bits per heavy atom. The summed E-state index contributed by atoms with van der Waals surface area (Å²) in [4.78, 5) is 29.3. The number of halogens is 1. The highest BCUT2D eigenvalue weighted by molar-refractivity contribution is 7.18. The van der Waals surface area contributed by atoms with Crippen LogP contribution >= 0.6 is 22.9 Å². The van der Waals surface area contributed by atoms with Crippen LogP contribution < -0.4 is 10.6 Å². The highest BCUT2D eigenvalue weighted by Gasteiger charge is 2.28. The molecule has 0 spiro atoms. The summed E-state index contributed by atoms with van der Waals surface area (Å²) < 4.78 is 6.22. The van der Waals surface area contributed by atoms with Crippen LogP contribution in [0, 0.1) is 5.92 Å². The second kappa shape index (κ2) is 8.44. The summed E-state index contributed by atoms with van der Waals surface area (Å²) in [6, 6.07) is 4.50. The van der Waals surface area contributed by atoms with Crippen molar-refractivity contribution in [2.45, 2.75) is 59.2 Å². The molecule has 2 rings (SSSR count). The fourth-order valence-electron chi connectivity index (χ4n) is 2.44. The Morgan fingerprint density at radius 3 is 2.44 bits per heavy atom. The zero-order valence-electron chi connectivity index (χ0n) is 16.4. The van der Waals surface area contributed by atoms with E-state index in [9.17, 15) is 9.59 Å². The van der Waals surface area contributed by atoms with Crippen LogP contribution in [0.1, 0.15) is 52.6 Å². The predicted molar refractivity (Wildman–Crippen MR) is 109 cm³/mol. The van der Waals surface area contributed by atoms with Gasteiger partial charge in [0.05, 0.1) is 16.3 Å². The Bertz CT molecular complexity index is 829. The fraction of sp³-hybridized carbons (Fsp3) is 0.526. The Kier molecular flexibility index (Phi) is 6.70. The van der Waals surface area contributed by atoms with Gasteiger partial charge in [0, 0.05) is 5.02 Å². The number of nitrogens with one attached hydrogen (secondary N) is 2. The minimum Gasteiger partial charge on any atom is -0.444 e. The molecule has 2 N–H and O–H groups in total. The number of hydrogen-bond donors (Lipinski definition) is 2. The van der Waals surface area contributed by atoms with E-state index in [1.165, 1.54) is 11.3 Å². The number of thiazole rings is 1. The summed E-state index contributed by atoms with van der Waals surface area (Å²) >= 11 is 7.50. The molecule has 8 heteroatoms. The van der Waals surface area contributed by atoms with Gasteiger partial charge in [0.25, 0.3) is 0 Å². The summed E-state index contributed by atoms with van der Waals surface area (Å²) in [6.07, 6.45) is -0.612. The van der Waals surface area contributed by atoms with Gasteiger partial charge < -0.3 is 15.4 Å². The van der Waals surface area contributed by atoms with Crippen molar-refractivity contribution in [2.24, 2.45) is 5.92 Å². The van der Waals surface area contributed by atoms with Gasteiger partial charge in [0.15, 0.2) is 0 Å². The molecule has 0 fully saturated rings. The topological polar surface area (TPSA) is 80.3 Å². The van der Waals surface area contributed by atoms with Gasteiger partial charge >= 0.3 is 6.09 Å². The van der Waals surface area contributed by atoms with Gasteiger partial charge in [-0.15, -0.1) is 11.3 Å². The maximum Gasteiger partial charge on any atom is 0.408 e. The Balaban J connectivity index is 2.07. The van der Waals surface area contributed by atoms with E-state index in [2.05, 4.69) is 15.6 Å². The third-order valence-corrected chi connectivity index (χ3v) is 5.15. The van der Waals surface area contributed by atoms with Crippen LogP contribution in [0.3, 0.4) is 0 Å². The maximum absolute atomic E-state index is 12.7. The number of fused-ring (bicyclic) bond motifs is 1. The fourth-order valence-corrected chi connectivity index (χ4v) is 3.68. The number of ether oxygens (including phenoxy) is 1. The summed E-state index contributed by atoms with van der Waals surface area (Å²) in [7, 11) is 0. The number of alkyl carbamates (subject to hydrolysis) is 1. The number of rotatable bonds is 5. The summed E-state index contributed by atoms with van der Waals surface area (Å²) in [5, 5.41) is 7.01. The van der Waals surface area contributed by atoms with Gasteiger partial charge in [-0.25, -0.2) is 9.78 Å². The summed E-state index contributed by atoms with van der Waals surface area (Å²) in [5.74, 6) is -0.375. The molecule has 148 valence electrons. The van der Waals surface area contributed by atoms with Crippen LogP contribution in [0.15, 0.2) is 18.2 Å². The first-order valence-corrected chi connectivity index (χ1v) is 10.0. The van der Waals surface area contributed by atoms with Crippen LogP contribution in [0.25, 0.3) is 10.2 Å². The van der Waals surface area contributed by atoms with Crippen LogP contribution in [-0.4, -0.2) is 28.6 Å². The average Bonchev–Trinajstić information content (AvgIpc) is 2.93. The van der Waals surface area contributed by atoms with Crippen molar-refractivity contribution in [2.75, 3.05) is 0 Å². The first-order chi connectivity index (χ1) is 12.5. The third-order valence-electron chi connectivity index (χ3n) is 3.72. The van der Waals surface area contributed by atoms with E-state index in [1.807, 2.05) is 32.9 Å². The molecule has 1 heterocycles. The minimum atomic E-state index is -0.703. The number of hydrogen-bond acceptors (Lipinski definition) is 5. The first kappa shape index (κ1) is 21.4. The molecular formula is C19H26ClN3O3S. The molecule has 1 aromatic carbocycles. The second-order valence-corrected chi connectivity index (χ2v) is 9.26. The summed E-state index contributed by atoms with van der Waals surface area (Å²) in [5.41, 5.74) is 0.213. The number of aromatic nitrogens is 1. The molecule has 0 unspecified atom stereocenters. The molecule has 1 aromatic heterocycles. The molecule has 0 aliphatic heterocycles. The van der Waals surface area contributed by atoms with E-state index in [0.717, 1.165) is 15.2 Å². The lowest BCUT2D eigenvalue weighted by atomic mass is 10.0. The summed E-state index contributed by atoms with van der Waals surface area (Å²) in [6.45, 7) is 10.9. The molecule has 6 nitrogen and oxygen atoms in total. The zero-order chi connectivity index (χ0) is 20.4. The lowest BCUT2D eigenvalue weighted by Gasteiger charge is -2.26. The molecule has 0 saturated carbocycles. The molecule has 2 amide bonds. The normalized spacial score (nSPS) is 14.1. The van der Waals surface area contributed by atoms with Gasteiger partial charge in [-0.05, 0) is 51.8 Å². The molecule has 2 atom stereocenters. The Hall–Kier alpha value is -1.86. The number of amides is 2. The van der Waals surface area contributed by atoms with Gasteiger partial charge in [-0.1, -0.05) is 25.4 Å².